The number of hydrogen-bond acceptors (Lipinski definition) is 6. The molecule has 33 heavy (non-hydrogen) atoms. The van der Waals surface area contributed by atoms with Crippen molar-refractivity contribution in [2.45, 2.75) is 26.3 Å². The summed E-state index contributed by atoms with van der Waals surface area (Å²) in [6, 6.07) is 10.3. The van der Waals surface area contributed by atoms with Crippen LogP contribution in [0.15, 0.2) is 48.8 Å². The maximum atomic E-state index is 15.0. The minimum absolute atomic E-state index is 0.117. The van der Waals surface area contributed by atoms with E-state index in [1.807, 2.05) is 25.1 Å². The predicted octanol–water partition coefficient (Wildman–Crippen LogP) is 6.00. The zero-order chi connectivity index (χ0) is 23.8. The van der Waals surface area contributed by atoms with E-state index < -0.39 is 13.0 Å². The van der Waals surface area contributed by atoms with Crippen molar-refractivity contribution in [3.63, 3.8) is 0 Å². The van der Waals surface area contributed by atoms with E-state index in [0.29, 0.717) is 38.4 Å². The van der Waals surface area contributed by atoms with Gasteiger partial charge in [-0.15, -0.1) is 0 Å². The van der Waals surface area contributed by atoms with Crippen molar-refractivity contribution in [3.8, 4) is 11.3 Å². The van der Waals surface area contributed by atoms with Crippen LogP contribution in [0.25, 0.3) is 22.3 Å². The van der Waals surface area contributed by atoms with Crippen molar-refractivity contribution in [1.82, 2.24) is 19.9 Å². The molecule has 170 valence electrons. The van der Waals surface area contributed by atoms with Crippen LogP contribution in [-0.2, 0) is 4.57 Å². The summed E-state index contributed by atoms with van der Waals surface area (Å²) in [5.74, 6) is -0.523. The first-order chi connectivity index (χ1) is 15.7. The van der Waals surface area contributed by atoms with E-state index >= 15 is 4.39 Å². The number of anilines is 1. The molecule has 9 heteroatoms. The van der Waals surface area contributed by atoms with E-state index in [0.717, 1.165) is 12.1 Å². The fourth-order valence-electron chi connectivity index (χ4n) is 3.58. The number of nitrogens with zero attached hydrogens (tertiary/aromatic N) is 4. The smallest absolute Gasteiger partial charge is 0.151 e. The highest BCUT2D eigenvalue weighted by molar-refractivity contribution is 7.69. The van der Waals surface area contributed by atoms with Crippen LogP contribution in [0.3, 0.4) is 0 Å². The van der Waals surface area contributed by atoms with E-state index in [1.165, 1.54) is 12.3 Å². The summed E-state index contributed by atoms with van der Waals surface area (Å²) in [6.07, 6.45) is 3.99. The molecule has 0 unspecified atom stereocenters. The molecule has 1 N–H and O–H groups in total. The molecular weight excluding hydrogens is 460 g/mol. The summed E-state index contributed by atoms with van der Waals surface area (Å²) in [6.45, 7) is 7.10. The third-order valence-electron chi connectivity index (χ3n) is 5.36. The van der Waals surface area contributed by atoms with Gasteiger partial charge in [0.2, 0.25) is 0 Å². The van der Waals surface area contributed by atoms with Gasteiger partial charge in [-0.05, 0) is 50.9 Å². The van der Waals surface area contributed by atoms with Crippen LogP contribution in [0, 0.1) is 12.7 Å². The molecule has 4 heterocycles. The van der Waals surface area contributed by atoms with Gasteiger partial charge in [-0.1, -0.05) is 24.6 Å². The van der Waals surface area contributed by atoms with Crippen LogP contribution in [-0.4, -0.2) is 33.3 Å². The third-order valence-corrected chi connectivity index (χ3v) is 7.19. The Morgan fingerprint density at radius 2 is 1.94 bits per heavy atom. The lowest BCUT2D eigenvalue weighted by atomic mass is 10.1. The number of pyridine rings is 4. The molecule has 0 aromatic carbocycles. The van der Waals surface area contributed by atoms with Crippen LogP contribution >= 0.6 is 18.7 Å². The third kappa shape index (κ3) is 4.75. The highest BCUT2D eigenvalue weighted by Gasteiger charge is 2.21. The molecule has 0 amide bonds. The second-order valence-electron chi connectivity index (χ2n) is 8.19. The van der Waals surface area contributed by atoms with Crippen molar-refractivity contribution >= 4 is 40.9 Å². The average molecular weight is 484 g/mol. The molecule has 0 aliphatic carbocycles. The first-order valence-corrected chi connectivity index (χ1v) is 13.5. The van der Waals surface area contributed by atoms with E-state index in [-0.39, 0.29) is 11.7 Å². The first kappa shape index (κ1) is 23.3. The van der Waals surface area contributed by atoms with Crippen LogP contribution in [0.5, 0.6) is 0 Å². The van der Waals surface area contributed by atoms with E-state index in [4.69, 9.17) is 11.6 Å². The van der Waals surface area contributed by atoms with Crippen LogP contribution in [0.1, 0.15) is 30.8 Å². The second-order valence-corrected chi connectivity index (χ2v) is 11.7. The topological polar surface area (TPSA) is 80.7 Å². The number of aryl methyl sites for hydroxylation is 1. The molecule has 6 nitrogen and oxygen atoms in total. The molecule has 0 aliphatic heterocycles. The number of rotatable bonds is 6. The van der Waals surface area contributed by atoms with Gasteiger partial charge in [0.25, 0.3) is 0 Å². The summed E-state index contributed by atoms with van der Waals surface area (Å²) in [7, 11) is -2.52. The summed E-state index contributed by atoms with van der Waals surface area (Å²) in [4.78, 5) is 17.8. The molecule has 4 rings (SSSR count). The van der Waals surface area contributed by atoms with E-state index in [9.17, 15) is 4.57 Å². The van der Waals surface area contributed by atoms with Crippen molar-refractivity contribution in [2.75, 3.05) is 18.6 Å². The van der Waals surface area contributed by atoms with Gasteiger partial charge in [-0.2, -0.15) is 0 Å². The molecule has 0 saturated heterocycles. The summed E-state index contributed by atoms with van der Waals surface area (Å²) in [5, 5.41) is 3.88. The molecular formula is C24H24ClFN5OP. The van der Waals surface area contributed by atoms with E-state index in [2.05, 4.69) is 25.3 Å². The van der Waals surface area contributed by atoms with Gasteiger partial charge in [-0.3, -0.25) is 9.97 Å². The average Bonchev–Trinajstić information content (AvgIpc) is 2.79. The number of nitrogens with one attached hydrogen (secondary N) is 1. The van der Waals surface area contributed by atoms with Gasteiger partial charge < -0.3 is 9.88 Å². The van der Waals surface area contributed by atoms with E-state index in [1.54, 1.807) is 38.6 Å². The highest BCUT2D eigenvalue weighted by atomic mass is 35.5. The maximum absolute atomic E-state index is 15.0. The molecule has 0 spiro atoms. The van der Waals surface area contributed by atoms with Gasteiger partial charge in [-0.25, -0.2) is 14.4 Å². The van der Waals surface area contributed by atoms with Gasteiger partial charge in [0, 0.05) is 24.0 Å². The number of hydrogen-bond donors (Lipinski definition) is 1. The Hall–Kier alpha value is -2.89. The highest BCUT2D eigenvalue weighted by Crippen LogP contribution is 2.37. The monoisotopic (exact) mass is 483 g/mol. The Morgan fingerprint density at radius 3 is 2.55 bits per heavy atom. The van der Waals surface area contributed by atoms with Gasteiger partial charge in [0.1, 0.15) is 18.4 Å². The number of fused-ring (bicyclic) bond motifs is 1. The minimum Gasteiger partial charge on any atom is -0.374 e. The number of aromatic nitrogens is 4. The standard InChI is InChI=1S/C24H24ClFN5OP/c1-5-17(18-8-6-7-11-27-18)30-24-21(25)14(2)29-19-12-16(26)22(31-23(19)24)15-9-10-20(28-13-15)33(3,4)32/h6-13,17H,5H2,1-4H3,(H,29,30)/t17-/m1/s1. The Kier molecular flexibility index (Phi) is 6.46. The largest absolute Gasteiger partial charge is 0.374 e. The second kappa shape index (κ2) is 9.16. The minimum atomic E-state index is -2.52. The first-order valence-electron chi connectivity index (χ1n) is 10.5. The van der Waals surface area contributed by atoms with Crippen molar-refractivity contribution in [1.29, 1.82) is 0 Å². The fraction of sp³-hybridized carbons (Fsp3) is 0.250. The quantitative estimate of drug-likeness (QED) is 0.339. The lowest BCUT2D eigenvalue weighted by Crippen LogP contribution is -2.13. The molecule has 0 bridgehead atoms. The van der Waals surface area contributed by atoms with Crippen molar-refractivity contribution < 1.29 is 8.96 Å². The van der Waals surface area contributed by atoms with Crippen molar-refractivity contribution in [3.05, 3.63) is 71.0 Å². The zero-order valence-corrected chi connectivity index (χ0v) is 20.5. The molecule has 0 fully saturated rings. The molecule has 0 saturated carbocycles. The predicted molar refractivity (Wildman–Crippen MR) is 132 cm³/mol. The summed E-state index contributed by atoms with van der Waals surface area (Å²) < 4.78 is 27.3. The van der Waals surface area contributed by atoms with Gasteiger partial charge in [0.05, 0.1) is 39.1 Å². The van der Waals surface area contributed by atoms with Gasteiger partial charge in [0.15, 0.2) is 5.82 Å². The Balaban J connectivity index is 1.85. The normalized spacial score (nSPS) is 12.7. The molecule has 4 aromatic rings. The Bertz CT molecular complexity index is 1360. The Labute approximate surface area is 197 Å². The van der Waals surface area contributed by atoms with Crippen molar-refractivity contribution in [2.24, 2.45) is 0 Å². The summed E-state index contributed by atoms with van der Waals surface area (Å²) in [5.41, 5.74) is 3.95. The Morgan fingerprint density at radius 1 is 1.15 bits per heavy atom. The lowest BCUT2D eigenvalue weighted by molar-refractivity contribution is 0.588. The van der Waals surface area contributed by atoms with Gasteiger partial charge >= 0.3 is 0 Å². The summed E-state index contributed by atoms with van der Waals surface area (Å²) >= 11 is 6.65. The lowest BCUT2D eigenvalue weighted by Gasteiger charge is -2.21. The van der Waals surface area contributed by atoms with Crippen LogP contribution < -0.4 is 10.8 Å². The molecule has 0 aliphatic rings. The maximum Gasteiger partial charge on any atom is 0.151 e. The fourth-order valence-corrected chi connectivity index (χ4v) is 4.54. The SMILES string of the molecule is CC[C@@H](Nc1c(Cl)c(C)nc2cc(F)c(-c3ccc(P(C)(C)=O)nc3)nc12)c1ccccn1. The molecule has 1 atom stereocenters. The van der Waals surface area contributed by atoms with Crippen LogP contribution in [0.2, 0.25) is 5.02 Å². The number of halogens is 2. The zero-order valence-electron chi connectivity index (χ0n) is 18.8. The molecule has 0 radical (unpaired) electrons. The molecule has 4 aromatic heterocycles. The van der Waals surface area contributed by atoms with Crippen LogP contribution in [0.4, 0.5) is 10.1 Å².